The van der Waals surface area contributed by atoms with Gasteiger partial charge in [-0.2, -0.15) is 0 Å². The molecule has 0 saturated carbocycles. The van der Waals surface area contributed by atoms with Crippen molar-refractivity contribution >= 4 is 41.3 Å². The Morgan fingerprint density at radius 3 is 2.86 bits per heavy atom. The summed E-state index contributed by atoms with van der Waals surface area (Å²) in [6, 6.07) is 4.29. The number of rotatable bonds is 6. The molecule has 2 heterocycles. The van der Waals surface area contributed by atoms with Gasteiger partial charge in [0.15, 0.2) is 5.96 Å². The van der Waals surface area contributed by atoms with Crippen LogP contribution in [0, 0.1) is 6.92 Å². The highest BCUT2D eigenvalue weighted by Crippen LogP contribution is 2.14. The Bertz CT molecular complexity index is 535. The lowest BCUT2D eigenvalue weighted by atomic mass is 10.4. The third-order valence-electron chi connectivity index (χ3n) is 2.89. The largest absolute Gasteiger partial charge is 0.356 e. The summed E-state index contributed by atoms with van der Waals surface area (Å²) < 4.78 is 2.08. The summed E-state index contributed by atoms with van der Waals surface area (Å²) in [7, 11) is 1.80. The van der Waals surface area contributed by atoms with E-state index < -0.39 is 0 Å². The van der Waals surface area contributed by atoms with Crippen molar-refractivity contribution in [1.82, 2.24) is 20.2 Å². The second-order valence-electron chi connectivity index (χ2n) is 4.52. The highest BCUT2D eigenvalue weighted by Gasteiger charge is 2.00. The van der Waals surface area contributed by atoms with E-state index in [0.717, 1.165) is 32.0 Å². The number of aromatic nitrogens is 2. The van der Waals surface area contributed by atoms with Gasteiger partial charge in [0.1, 0.15) is 0 Å². The van der Waals surface area contributed by atoms with E-state index in [1.165, 1.54) is 9.75 Å². The third-order valence-corrected chi connectivity index (χ3v) is 3.90. The Hall–Kier alpha value is -1.09. The standard InChI is InChI=1S/C14H21N5S.HI/c1-12-4-5-13(20-12)10-18-14(15-2)17-6-3-8-19-9-7-16-11-19;/h4-5,7,9,11H,3,6,8,10H2,1-2H3,(H2,15,17,18);1H. The van der Waals surface area contributed by atoms with Crippen molar-refractivity contribution in [2.24, 2.45) is 4.99 Å². The first-order chi connectivity index (χ1) is 9.78. The molecule has 2 aromatic rings. The summed E-state index contributed by atoms with van der Waals surface area (Å²) in [5, 5.41) is 6.64. The van der Waals surface area contributed by atoms with E-state index in [1.807, 2.05) is 23.9 Å². The zero-order valence-electron chi connectivity index (χ0n) is 12.4. The van der Waals surface area contributed by atoms with Gasteiger partial charge in [-0.1, -0.05) is 0 Å². The fourth-order valence-electron chi connectivity index (χ4n) is 1.86. The minimum atomic E-state index is 0. The minimum Gasteiger partial charge on any atom is -0.356 e. The van der Waals surface area contributed by atoms with Crippen LogP contribution in [0.3, 0.4) is 0 Å². The van der Waals surface area contributed by atoms with Gasteiger partial charge < -0.3 is 15.2 Å². The van der Waals surface area contributed by atoms with Gasteiger partial charge in [-0.25, -0.2) is 4.98 Å². The molecule has 2 N–H and O–H groups in total. The number of hydrogen-bond acceptors (Lipinski definition) is 3. The second kappa shape index (κ2) is 9.78. The predicted octanol–water partition coefficient (Wildman–Crippen LogP) is 2.63. The molecule has 0 bridgehead atoms. The number of halogens is 1. The number of hydrogen-bond donors (Lipinski definition) is 2. The number of thiophene rings is 1. The van der Waals surface area contributed by atoms with E-state index in [9.17, 15) is 0 Å². The van der Waals surface area contributed by atoms with Crippen molar-refractivity contribution in [2.45, 2.75) is 26.4 Å². The lowest BCUT2D eigenvalue weighted by Crippen LogP contribution is -2.37. The number of imidazole rings is 1. The fraction of sp³-hybridized carbons (Fsp3) is 0.429. The molecule has 0 aromatic carbocycles. The smallest absolute Gasteiger partial charge is 0.191 e. The molecule has 0 atom stereocenters. The summed E-state index contributed by atoms with van der Waals surface area (Å²) >= 11 is 1.81. The molecule has 0 radical (unpaired) electrons. The van der Waals surface area contributed by atoms with Crippen LogP contribution in [0.5, 0.6) is 0 Å². The van der Waals surface area contributed by atoms with Crippen LogP contribution in [-0.4, -0.2) is 29.1 Å². The van der Waals surface area contributed by atoms with Gasteiger partial charge in [-0.05, 0) is 25.5 Å². The van der Waals surface area contributed by atoms with E-state index >= 15 is 0 Å². The Labute approximate surface area is 146 Å². The van der Waals surface area contributed by atoms with Gasteiger partial charge in [-0.15, -0.1) is 35.3 Å². The molecule has 0 unspecified atom stereocenters. The SMILES string of the molecule is CN=C(NCCCn1ccnc1)NCc1ccc(C)s1.I. The quantitative estimate of drug-likeness (QED) is 0.328. The van der Waals surface area contributed by atoms with Gasteiger partial charge >= 0.3 is 0 Å². The predicted molar refractivity (Wildman–Crippen MR) is 99.5 cm³/mol. The van der Waals surface area contributed by atoms with Gasteiger partial charge in [0.25, 0.3) is 0 Å². The van der Waals surface area contributed by atoms with Gasteiger partial charge in [0, 0.05) is 42.3 Å². The van der Waals surface area contributed by atoms with Crippen molar-refractivity contribution in [2.75, 3.05) is 13.6 Å². The third kappa shape index (κ3) is 6.47. The second-order valence-corrected chi connectivity index (χ2v) is 5.89. The summed E-state index contributed by atoms with van der Waals surface area (Å²) in [4.78, 5) is 10.9. The number of nitrogens with zero attached hydrogens (tertiary/aromatic N) is 3. The molecule has 116 valence electrons. The first-order valence-corrected chi connectivity index (χ1v) is 7.55. The molecule has 0 fully saturated rings. The van der Waals surface area contributed by atoms with Crippen LogP contribution in [-0.2, 0) is 13.1 Å². The zero-order valence-corrected chi connectivity index (χ0v) is 15.5. The first-order valence-electron chi connectivity index (χ1n) is 6.73. The van der Waals surface area contributed by atoms with Crippen LogP contribution < -0.4 is 10.6 Å². The normalized spacial score (nSPS) is 11.0. The monoisotopic (exact) mass is 419 g/mol. The minimum absolute atomic E-state index is 0. The Morgan fingerprint density at radius 2 is 2.24 bits per heavy atom. The fourth-order valence-corrected chi connectivity index (χ4v) is 2.69. The number of aliphatic imine (C=N–C) groups is 1. The van der Waals surface area contributed by atoms with E-state index in [-0.39, 0.29) is 24.0 Å². The van der Waals surface area contributed by atoms with Crippen molar-refractivity contribution in [3.63, 3.8) is 0 Å². The Balaban J connectivity index is 0.00000220. The summed E-state index contributed by atoms with van der Waals surface area (Å²) in [5.41, 5.74) is 0. The molecule has 0 aliphatic heterocycles. The summed E-state index contributed by atoms with van der Waals surface area (Å²) in [6.45, 7) is 4.80. The number of aryl methyl sites for hydroxylation is 2. The van der Waals surface area contributed by atoms with Crippen LogP contribution >= 0.6 is 35.3 Å². The molecule has 0 amide bonds. The van der Waals surface area contributed by atoms with Gasteiger partial charge in [0.2, 0.25) is 0 Å². The summed E-state index contributed by atoms with van der Waals surface area (Å²) in [6.07, 6.45) is 6.66. The molecule has 21 heavy (non-hydrogen) atoms. The molecule has 0 saturated heterocycles. The molecular formula is C14H22IN5S. The highest BCUT2D eigenvalue weighted by molar-refractivity contribution is 14.0. The molecule has 2 rings (SSSR count). The summed E-state index contributed by atoms with van der Waals surface area (Å²) in [5.74, 6) is 0.849. The first kappa shape index (κ1) is 18.0. The molecular weight excluding hydrogens is 397 g/mol. The van der Waals surface area contributed by atoms with Gasteiger partial charge in [0.05, 0.1) is 12.9 Å². The van der Waals surface area contributed by atoms with Crippen LogP contribution in [0.25, 0.3) is 0 Å². The van der Waals surface area contributed by atoms with Crippen LogP contribution in [0.2, 0.25) is 0 Å². The van der Waals surface area contributed by atoms with Gasteiger partial charge in [-0.3, -0.25) is 4.99 Å². The number of guanidine groups is 1. The Kier molecular flexibility index (Phi) is 8.36. The average Bonchev–Trinajstić information content (AvgIpc) is 3.09. The molecule has 0 aliphatic rings. The van der Waals surface area contributed by atoms with E-state index in [4.69, 9.17) is 0 Å². The molecule has 7 heteroatoms. The molecule has 0 spiro atoms. The number of nitrogens with one attached hydrogen (secondary N) is 2. The topological polar surface area (TPSA) is 54.2 Å². The Morgan fingerprint density at radius 1 is 1.38 bits per heavy atom. The van der Waals surface area contributed by atoms with Crippen molar-refractivity contribution in [3.05, 3.63) is 40.6 Å². The van der Waals surface area contributed by atoms with Crippen LogP contribution in [0.15, 0.2) is 35.8 Å². The van der Waals surface area contributed by atoms with Crippen LogP contribution in [0.4, 0.5) is 0 Å². The van der Waals surface area contributed by atoms with E-state index in [0.29, 0.717) is 0 Å². The maximum Gasteiger partial charge on any atom is 0.191 e. The van der Waals surface area contributed by atoms with Crippen LogP contribution in [0.1, 0.15) is 16.2 Å². The van der Waals surface area contributed by atoms with E-state index in [1.54, 1.807) is 13.2 Å². The van der Waals surface area contributed by atoms with Crippen molar-refractivity contribution in [3.8, 4) is 0 Å². The molecule has 5 nitrogen and oxygen atoms in total. The van der Waals surface area contributed by atoms with E-state index in [2.05, 4.69) is 44.2 Å². The highest BCUT2D eigenvalue weighted by atomic mass is 127. The van der Waals surface area contributed by atoms with Crippen molar-refractivity contribution in [1.29, 1.82) is 0 Å². The lowest BCUT2D eigenvalue weighted by molar-refractivity contribution is 0.625. The van der Waals surface area contributed by atoms with Crippen molar-refractivity contribution < 1.29 is 0 Å². The zero-order chi connectivity index (χ0) is 14.2. The maximum absolute atomic E-state index is 4.22. The molecule has 2 aromatic heterocycles. The maximum atomic E-state index is 4.22. The lowest BCUT2D eigenvalue weighted by Gasteiger charge is -2.11. The molecule has 0 aliphatic carbocycles. The average molecular weight is 419 g/mol.